The standard InChI is InChI=1S/C17H21BrF3NO4.C16H20F3NO3.C13H13BrF3NO4.C12H13BrF3NO2.C7H5BrF3N/c1-15(2,3)25-13(23)22(14(24)26-16(4,5)6)12-8-7-10(18)9-11(12)17(19,20)21;1-6-22-10(2)11-7-8-13(12(9-11)16(17,18)19)20-14(21)23-15(3,4)5;1-12(2,3)21-11(20)18-9-5-4-7(10(19)22-14)6-8(9)13(15,16)17;1-11(2,3)19-10(18)17-9-5-4-7(13)6-8(9)12(14,15)16;8-4-1-2-6(12)5(3-4)7(9,10)11/h7-9H,1-6H3;7-9H,2,6H2,1,3-5H3,(H,20,21);4-6H,1-3H3,(H,18,20);4-6H,1-3H3,(H,17,18);1-3H,12H2. The van der Waals surface area contributed by atoms with Crippen LogP contribution in [-0.4, -0.2) is 71.0 Å². The Balaban J connectivity index is 0.000000648. The van der Waals surface area contributed by atoms with Gasteiger partial charge in [-0.15, -0.1) is 0 Å². The van der Waals surface area contributed by atoms with E-state index in [9.17, 15) is 94.6 Å². The zero-order valence-corrected chi connectivity index (χ0v) is 63.4. The summed E-state index contributed by atoms with van der Waals surface area (Å²) >= 11 is 11.2. The number of nitrogens with zero attached hydrogens (tertiary/aromatic N) is 1. The van der Waals surface area contributed by atoms with E-state index in [0.29, 0.717) is 10.5 Å². The van der Waals surface area contributed by atoms with Gasteiger partial charge in [0.15, 0.2) is 16.3 Å². The van der Waals surface area contributed by atoms with Crippen molar-refractivity contribution in [3.05, 3.63) is 150 Å². The van der Waals surface area contributed by atoms with Crippen molar-refractivity contribution >= 4 is 135 Å². The number of halogens is 19. The fourth-order valence-electron chi connectivity index (χ4n) is 7.07. The molecule has 0 heterocycles. The lowest BCUT2D eigenvalue weighted by Crippen LogP contribution is -2.44. The molecule has 0 unspecified atom stereocenters. The minimum atomic E-state index is -4.80. The van der Waals surface area contributed by atoms with Gasteiger partial charge in [0, 0.05) is 24.7 Å². The summed E-state index contributed by atoms with van der Waals surface area (Å²) in [5.41, 5.74) is -6.79. The van der Waals surface area contributed by atoms with E-state index in [1.54, 1.807) is 69.2 Å². The summed E-state index contributed by atoms with van der Waals surface area (Å²) in [6.45, 7) is 29.2. The van der Waals surface area contributed by atoms with Gasteiger partial charge in [0.05, 0.1) is 62.7 Å². The maximum absolute atomic E-state index is 13.4. The van der Waals surface area contributed by atoms with Crippen LogP contribution in [0.4, 0.5) is 118 Å². The number of hydrogen-bond donors (Lipinski definition) is 4. The van der Waals surface area contributed by atoms with Crippen LogP contribution in [0.2, 0.25) is 0 Å². The first-order valence-electron chi connectivity index (χ1n) is 29.0. The number of alkyl halides is 15. The van der Waals surface area contributed by atoms with Crippen molar-refractivity contribution < 1.29 is 127 Å². The van der Waals surface area contributed by atoms with Gasteiger partial charge >= 0.3 is 67.3 Å². The van der Waals surface area contributed by atoms with Crippen molar-refractivity contribution in [3.8, 4) is 0 Å². The second kappa shape index (κ2) is 36.7. The van der Waals surface area contributed by atoms with Crippen molar-refractivity contribution in [1.82, 2.24) is 0 Å². The first-order chi connectivity index (χ1) is 45.8. The van der Waals surface area contributed by atoms with Crippen LogP contribution in [0, 0.1) is 0 Å². The molecular weight excluding hydrogens is 1660 g/mol. The molecule has 102 heavy (non-hydrogen) atoms. The van der Waals surface area contributed by atoms with Gasteiger partial charge in [-0.05, 0) is 202 Å². The molecule has 5 N–H and O–H groups in total. The van der Waals surface area contributed by atoms with E-state index in [-0.39, 0.29) is 54.4 Å². The smallest absolute Gasteiger partial charge is 0.424 e. The third-order valence-electron chi connectivity index (χ3n) is 10.8. The lowest BCUT2D eigenvalue weighted by Gasteiger charge is -2.29. The highest BCUT2D eigenvalue weighted by Crippen LogP contribution is 2.42. The molecule has 0 atom stereocenters. The Morgan fingerprint density at radius 3 is 1.01 bits per heavy atom. The summed E-state index contributed by atoms with van der Waals surface area (Å²) in [5, 5.41) is 6.23. The fourth-order valence-corrected chi connectivity index (χ4v) is 8.34. The average molecular weight is 1740 g/mol. The minimum absolute atomic E-state index is 0.127. The predicted octanol–water partition coefficient (Wildman–Crippen LogP) is 23.6. The van der Waals surface area contributed by atoms with Gasteiger partial charge in [-0.2, -0.15) is 70.8 Å². The largest absolute Gasteiger partial charge is 0.494 e. The molecule has 0 aliphatic rings. The minimum Gasteiger partial charge on any atom is -0.494 e. The molecule has 568 valence electrons. The van der Waals surface area contributed by atoms with Gasteiger partial charge in [-0.25, -0.2) is 28.8 Å². The SMILES string of the molecule is C=C(OCC)c1ccc(NC(=O)OC(C)(C)C)c(C(F)(F)F)c1.CC(C)(C)OC(=O)N(C(=O)OC(C)(C)C)c1ccc(Br)cc1C(F)(F)F.CC(C)(C)OC(=O)Nc1ccc(Br)cc1C(F)(F)F.CC(C)(C)OC(=O)Nc1ccc(C(=O)OBr)cc1C(F)(F)F.Nc1ccc(Br)cc1C(F)(F)F. The Morgan fingerprint density at radius 1 is 0.412 bits per heavy atom. The molecule has 5 aromatic rings. The molecule has 5 aromatic carbocycles. The molecule has 5 amide bonds. The maximum atomic E-state index is 13.4. The Kier molecular flexibility index (Phi) is 33.2. The molecular formula is C65H72Br4F15N5O13. The van der Waals surface area contributed by atoms with E-state index in [1.165, 1.54) is 71.9 Å². The van der Waals surface area contributed by atoms with Crippen LogP contribution in [-0.2, 0) is 63.1 Å². The number of benzene rings is 5. The van der Waals surface area contributed by atoms with Gasteiger partial charge in [-0.1, -0.05) is 54.4 Å². The number of nitrogens with two attached hydrogens (primary N) is 1. The van der Waals surface area contributed by atoms with E-state index in [0.717, 1.165) is 54.6 Å². The van der Waals surface area contributed by atoms with E-state index in [2.05, 4.69) is 85.1 Å². The highest BCUT2D eigenvalue weighted by atomic mass is 79.9. The monoisotopic (exact) mass is 1730 g/mol. The Hall–Kier alpha value is -7.67. The summed E-state index contributed by atoms with van der Waals surface area (Å²) in [7, 11) is 0. The predicted molar refractivity (Wildman–Crippen MR) is 364 cm³/mol. The molecule has 0 bridgehead atoms. The molecule has 0 aliphatic heterocycles. The topological polar surface area (TPSA) is 232 Å². The molecule has 0 saturated carbocycles. The van der Waals surface area contributed by atoms with Crippen molar-refractivity contribution in [2.45, 2.75) is 170 Å². The first-order valence-corrected chi connectivity index (χ1v) is 32.0. The molecule has 18 nitrogen and oxygen atoms in total. The van der Waals surface area contributed by atoms with E-state index < -0.39 is 135 Å². The van der Waals surface area contributed by atoms with Crippen molar-refractivity contribution in [2.75, 3.05) is 33.2 Å². The summed E-state index contributed by atoms with van der Waals surface area (Å²) in [5.74, 6) is -0.865. The van der Waals surface area contributed by atoms with Crippen molar-refractivity contribution in [2.24, 2.45) is 0 Å². The second-order valence-corrected chi connectivity index (χ2v) is 28.6. The van der Waals surface area contributed by atoms with Crippen LogP contribution in [0.15, 0.2) is 111 Å². The zero-order valence-electron chi connectivity index (χ0n) is 57.1. The average Bonchev–Trinajstić information content (AvgIpc) is 0.798. The van der Waals surface area contributed by atoms with Gasteiger partial charge in [-0.3, -0.25) is 16.0 Å². The molecule has 0 aromatic heterocycles. The third kappa shape index (κ3) is 34.5. The normalized spacial score (nSPS) is 12.0. The van der Waals surface area contributed by atoms with Crippen molar-refractivity contribution in [1.29, 1.82) is 0 Å². The van der Waals surface area contributed by atoms with Crippen LogP contribution < -0.4 is 26.6 Å². The summed E-state index contributed by atoms with van der Waals surface area (Å²) in [4.78, 5) is 71.2. The molecule has 0 fully saturated rings. The van der Waals surface area contributed by atoms with E-state index in [1.807, 2.05) is 5.32 Å². The molecule has 5 rings (SSSR count). The molecule has 0 spiro atoms. The first kappa shape index (κ1) is 92.3. The zero-order chi connectivity index (χ0) is 79.7. The number of anilines is 5. The van der Waals surface area contributed by atoms with Crippen molar-refractivity contribution in [3.63, 3.8) is 0 Å². The van der Waals surface area contributed by atoms with Crippen LogP contribution >= 0.6 is 64.0 Å². The fraction of sp³-hybridized carbons (Fsp3) is 0.415. The molecule has 0 saturated heterocycles. The lowest BCUT2D eigenvalue weighted by molar-refractivity contribution is -0.137. The Labute approximate surface area is 611 Å². The third-order valence-corrected chi connectivity index (χ3v) is 12.5. The van der Waals surface area contributed by atoms with Crippen LogP contribution in [0.1, 0.15) is 155 Å². The molecule has 0 aliphatic carbocycles. The molecule has 37 heteroatoms. The second-order valence-electron chi connectivity index (χ2n) is 25.5. The van der Waals surface area contributed by atoms with E-state index in [4.69, 9.17) is 34.2 Å². The number of carbonyl (C=O) groups is 6. The highest BCUT2D eigenvalue weighted by molar-refractivity contribution is 9.11. The van der Waals surface area contributed by atoms with Crippen LogP contribution in [0.25, 0.3) is 5.76 Å². The summed E-state index contributed by atoms with van der Waals surface area (Å²) < 4.78 is 229. The highest BCUT2D eigenvalue weighted by Gasteiger charge is 2.42. The van der Waals surface area contributed by atoms with Crippen LogP contribution in [0.3, 0.4) is 0 Å². The van der Waals surface area contributed by atoms with Crippen LogP contribution in [0.5, 0.6) is 0 Å². The lowest BCUT2D eigenvalue weighted by atomic mass is 10.1. The quantitative estimate of drug-likeness (QED) is 0.0490. The number of nitrogens with one attached hydrogen (secondary N) is 3. The number of hydrogen-bond acceptors (Lipinski definition) is 14. The summed E-state index contributed by atoms with van der Waals surface area (Å²) in [6, 6.07) is 16.2. The maximum Gasteiger partial charge on any atom is 0.424 e. The van der Waals surface area contributed by atoms with Gasteiger partial charge in [0.25, 0.3) is 0 Å². The Morgan fingerprint density at radius 2 is 0.696 bits per heavy atom. The van der Waals surface area contributed by atoms with Gasteiger partial charge in [0.1, 0.15) is 33.8 Å². The number of imide groups is 1. The summed E-state index contributed by atoms with van der Waals surface area (Å²) in [6.07, 6.45) is -28.6. The van der Waals surface area contributed by atoms with Gasteiger partial charge in [0.2, 0.25) is 0 Å². The molecule has 0 radical (unpaired) electrons. The van der Waals surface area contributed by atoms with Gasteiger partial charge < -0.3 is 38.0 Å². The number of rotatable bonds is 8. The number of nitrogen functional groups attached to an aromatic ring is 1. The number of carbonyl (C=O) groups excluding carboxylic acids is 6. The number of ether oxygens (including phenoxy) is 6. The Bertz CT molecular complexity index is 3710. The van der Waals surface area contributed by atoms with E-state index >= 15 is 0 Å². The number of amides is 5.